The van der Waals surface area contributed by atoms with Crippen molar-refractivity contribution in [2.24, 2.45) is 0 Å². The van der Waals surface area contributed by atoms with Gasteiger partial charge in [0.2, 0.25) is 10.0 Å². The van der Waals surface area contributed by atoms with Gasteiger partial charge in [-0.2, -0.15) is 5.10 Å². The molecule has 0 spiro atoms. The summed E-state index contributed by atoms with van der Waals surface area (Å²) < 4.78 is 34.2. The van der Waals surface area contributed by atoms with Gasteiger partial charge in [-0.1, -0.05) is 0 Å². The van der Waals surface area contributed by atoms with E-state index in [-0.39, 0.29) is 17.7 Å². The molecule has 4 heterocycles. The van der Waals surface area contributed by atoms with Crippen LogP contribution in [-0.2, 0) is 16.6 Å². The van der Waals surface area contributed by atoms with E-state index >= 15 is 0 Å². The van der Waals surface area contributed by atoms with Crippen molar-refractivity contribution in [3.05, 3.63) is 59.8 Å². The molecule has 1 aliphatic rings. The van der Waals surface area contributed by atoms with Gasteiger partial charge in [0.15, 0.2) is 5.01 Å². The number of rotatable bonds is 9. The third-order valence-electron chi connectivity index (χ3n) is 5.24. The summed E-state index contributed by atoms with van der Waals surface area (Å²) in [7, 11) is -3.36. The van der Waals surface area contributed by atoms with Crippen LogP contribution in [0.2, 0.25) is 0 Å². The highest BCUT2D eigenvalue weighted by molar-refractivity contribution is 7.93. The minimum absolute atomic E-state index is 0.140. The first-order valence-corrected chi connectivity index (χ1v) is 13.1. The van der Waals surface area contributed by atoms with Crippen molar-refractivity contribution in [3.8, 4) is 16.2 Å². The average Bonchev–Trinajstić information content (AvgIpc) is 3.44. The van der Waals surface area contributed by atoms with Crippen molar-refractivity contribution in [1.82, 2.24) is 24.9 Å². The summed E-state index contributed by atoms with van der Waals surface area (Å²) in [6.45, 7) is 2.63. The Morgan fingerprint density at radius 3 is 2.88 bits per heavy atom. The minimum atomic E-state index is -3.36. The number of sulfonamides is 1. The fourth-order valence-corrected chi connectivity index (χ4v) is 5.65. The number of carbonyl (C=O) groups excluding carboxylic acids is 1. The van der Waals surface area contributed by atoms with Gasteiger partial charge in [-0.3, -0.25) is 14.5 Å². The summed E-state index contributed by atoms with van der Waals surface area (Å²) in [5.41, 5.74) is 2.68. The zero-order valence-electron chi connectivity index (χ0n) is 18.3. The van der Waals surface area contributed by atoms with E-state index in [9.17, 15) is 13.2 Å². The number of hydrogen-bond donors (Lipinski definition) is 2. The maximum Gasteiger partial charge on any atom is 0.280 e. The van der Waals surface area contributed by atoms with Crippen molar-refractivity contribution in [2.45, 2.75) is 31.6 Å². The predicted molar refractivity (Wildman–Crippen MR) is 128 cm³/mol. The fraction of sp³-hybridized carbons (Fsp3) is 0.273. The minimum Gasteiger partial charge on any atom is -0.494 e. The van der Waals surface area contributed by atoms with E-state index in [4.69, 9.17) is 4.74 Å². The Bertz CT molecular complexity index is 1460. The summed E-state index contributed by atoms with van der Waals surface area (Å²) in [5.74, 6) is 0.405. The Morgan fingerprint density at radius 2 is 2.09 bits per heavy atom. The van der Waals surface area contributed by atoms with Gasteiger partial charge in [0.05, 0.1) is 46.4 Å². The summed E-state index contributed by atoms with van der Waals surface area (Å²) >= 11 is 1.26. The lowest BCUT2D eigenvalue weighted by Crippen LogP contribution is -2.23. The Hall–Kier alpha value is -3.51. The molecule has 0 bridgehead atoms. The van der Waals surface area contributed by atoms with E-state index in [0.29, 0.717) is 35.8 Å². The molecule has 0 aliphatic heterocycles. The van der Waals surface area contributed by atoms with Crippen molar-refractivity contribution in [1.29, 1.82) is 0 Å². The number of nitrogens with zero attached hydrogens (tertiary/aromatic N) is 4. The van der Waals surface area contributed by atoms with Gasteiger partial charge in [-0.15, -0.1) is 11.3 Å². The fourth-order valence-electron chi connectivity index (χ4n) is 3.42. The van der Waals surface area contributed by atoms with E-state index in [2.05, 4.69) is 25.1 Å². The Labute approximate surface area is 200 Å². The molecule has 0 unspecified atom stereocenters. The lowest BCUT2D eigenvalue weighted by molar-refractivity contribution is 0.0950. The molecule has 4 aromatic rings. The van der Waals surface area contributed by atoms with Gasteiger partial charge < -0.3 is 10.1 Å². The van der Waals surface area contributed by atoms with Crippen LogP contribution in [0.3, 0.4) is 0 Å². The Morgan fingerprint density at radius 1 is 1.24 bits per heavy atom. The third-order valence-corrected chi connectivity index (χ3v) is 8.14. The second kappa shape index (κ2) is 9.03. The highest BCUT2D eigenvalue weighted by atomic mass is 32.2. The molecule has 0 radical (unpaired) electrons. The lowest BCUT2D eigenvalue weighted by atomic mass is 10.2. The molecule has 34 heavy (non-hydrogen) atoms. The molecule has 0 aromatic carbocycles. The number of amides is 1. The van der Waals surface area contributed by atoms with E-state index in [1.54, 1.807) is 29.0 Å². The second-order valence-corrected chi connectivity index (χ2v) is 10.8. The summed E-state index contributed by atoms with van der Waals surface area (Å²) in [6, 6.07) is 6.95. The average molecular weight is 499 g/mol. The van der Waals surface area contributed by atoms with Crippen LogP contribution in [0.1, 0.15) is 35.3 Å². The first-order chi connectivity index (χ1) is 16.4. The van der Waals surface area contributed by atoms with Gasteiger partial charge in [0.1, 0.15) is 5.75 Å². The van der Waals surface area contributed by atoms with Crippen LogP contribution in [0, 0.1) is 0 Å². The molecule has 12 heteroatoms. The van der Waals surface area contributed by atoms with Crippen LogP contribution in [0.5, 0.6) is 5.75 Å². The lowest BCUT2D eigenvalue weighted by Gasteiger charge is -2.08. The number of aromatic nitrogens is 4. The van der Waals surface area contributed by atoms with Crippen LogP contribution >= 0.6 is 11.3 Å². The highest BCUT2D eigenvalue weighted by Crippen LogP contribution is 2.31. The van der Waals surface area contributed by atoms with Gasteiger partial charge in [-0.25, -0.2) is 17.9 Å². The van der Waals surface area contributed by atoms with Crippen LogP contribution in [0.15, 0.2) is 49.1 Å². The van der Waals surface area contributed by atoms with E-state index in [0.717, 1.165) is 21.7 Å². The number of pyridine rings is 2. The topological polar surface area (TPSA) is 128 Å². The molecule has 1 fully saturated rings. The molecule has 5 rings (SSSR count). The largest absolute Gasteiger partial charge is 0.494 e. The van der Waals surface area contributed by atoms with E-state index in [1.807, 2.05) is 25.3 Å². The van der Waals surface area contributed by atoms with E-state index in [1.165, 1.54) is 17.5 Å². The SMILES string of the molecule is CCOc1ccn2ncc(-c3cnc(C(=O)NCc4cc(NS(=O)(=O)C5CC5)ccn4)s3)c2c1. The maximum absolute atomic E-state index is 12.7. The Balaban J connectivity index is 1.27. The molecule has 176 valence electrons. The molecular weight excluding hydrogens is 476 g/mol. The number of anilines is 1. The zero-order valence-corrected chi connectivity index (χ0v) is 19.9. The summed E-state index contributed by atoms with van der Waals surface area (Å²) in [5, 5.41) is 7.14. The Kier molecular flexibility index (Phi) is 5.92. The molecule has 1 aliphatic carbocycles. The number of thiazole rings is 1. The molecule has 0 saturated heterocycles. The van der Waals surface area contributed by atoms with Gasteiger partial charge >= 0.3 is 0 Å². The van der Waals surface area contributed by atoms with Crippen LogP contribution in [0.4, 0.5) is 5.69 Å². The molecule has 1 amide bonds. The predicted octanol–water partition coefficient (Wildman–Crippen LogP) is 3.09. The normalized spacial score (nSPS) is 13.7. The second-order valence-electron chi connectivity index (χ2n) is 7.78. The molecule has 4 aromatic heterocycles. The molecular formula is C22H22N6O4S2. The van der Waals surface area contributed by atoms with Crippen molar-refractivity contribution in [2.75, 3.05) is 11.3 Å². The third kappa shape index (κ3) is 4.73. The molecule has 10 nitrogen and oxygen atoms in total. The molecule has 0 atom stereocenters. The highest BCUT2D eigenvalue weighted by Gasteiger charge is 2.35. The van der Waals surface area contributed by atoms with Gasteiger partial charge in [-0.05, 0) is 38.0 Å². The number of ether oxygens (including phenoxy) is 1. The number of hydrogen-bond acceptors (Lipinski definition) is 8. The molecule has 2 N–H and O–H groups in total. The van der Waals surface area contributed by atoms with Gasteiger partial charge in [0, 0.05) is 30.2 Å². The first-order valence-electron chi connectivity index (χ1n) is 10.7. The standard InChI is InChI=1S/C22H22N6O4S2/c1-2-32-16-6-8-28-19(10-16)18(12-26-28)20-13-25-22(33-20)21(29)24-11-15-9-14(5-7-23-15)27-34(30,31)17-3-4-17/h5-10,12-13,17H,2-4,11H2,1H3,(H,23,27)(H,24,29). The number of fused-ring (bicyclic) bond motifs is 1. The smallest absolute Gasteiger partial charge is 0.280 e. The quantitative estimate of drug-likeness (QED) is 0.363. The zero-order chi connectivity index (χ0) is 23.7. The molecule has 1 saturated carbocycles. The monoisotopic (exact) mass is 498 g/mol. The number of carbonyl (C=O) groups is 1. The first kappa shape index (κ1) is 22.3. The van der Waals surface area contributed by atoms with Crippen molar-refractivity contribution in [3.63, 3.8) is 0 Å². The summed E-state index contributed by atoms with van der Waals surface area (Å²) in [4.78, 5) is 22.0. The van der Waals surface area contributed by atoms with Crippen molar-refractivity contribution < 1.29 is 17.9 Å². The van der Waals surface area contributed by atoms with Crippen LogP contribution < -0.4 is 14.8 Å². The van der Waals surface area contributed by atoms with Crippen LogP contribution in [0.25, 0.3) is 16.0 Å². The summed E-state index contributed by atoms with van der Waals surface area (Å²) in [6.07, 6.45) is 8.08. The van der Waals surface area contributed by atoms with E-state index < -0.39 is 10.0 Å². The van der Waals surface area contributed by atoms with Crippen molar-refractivity contribution >= 4 is 38.5 Å². The maximum atomic E-state index is 12.7. The van der Waals surface area contributed by atoms with Gasteiger partial charge in [0.25, 0.3) is 5.91 Å². The number of nitrogens with one attached hydrogen (secondary N) is 2. The van der Waals surface area contributed by atoms with Crippen LogP contribution in [-0.4, -0.2) is 45.8 Å².